The number of rotatable bonds is 2. The average molecular weight is 179 g/mol. The molecule has 0 saturated carbocycles. The molecule has 0 aliphatic carbocycles. The lowest BCUT2D eigenvalue weighted by atomic mass is 10.1. The van der Waals surface area contributed by atoms with Gasteiger partial charge in [0.05, 0.1) is 5.71 Å². The van der Waals surface area contributed by atoms with Crippen molar-refractivity contribution in [1.29, 1.82) is 0 Å². The van der Waals surface area contributed by atoms with Gasteiger partial charge in [-0.05, 0) is 37.6 Å². The summed E-state index contributed by atoms with van der Waals surface area (Å²) < 4.78 is 0. The molecule has 1 aromatic carbocycles. The number of aromatic hydroxyl groups is 1. The second-order valence-electron chi connectivity index (χ2n) is 2.86. The third-order valence-corrected chi connectivity index (χ3v) is 1.83. The van der Waals surface area contributed by atoms with Crippen molar-refractivity contribution in [2.45, 2.75) is 13.8 Å². The van der Waals surface area contributed by atoms with Crippen LogP contribution in [0.5, 0.6) is 5.75 Å². The molecule has 1 N–H and O–H groups in total. The Morgan fingerprint density at radius 2 is 2.15 bits per heavy atom. The van der Waals surface area contributed by atoms with Crippen LogP contribution in [-0.2, 0) is 4.84 Å². The molecule has 0 bridgehead atoms. The van der Waals surface area contributed by atoms with Crippen LogP contribution in [0.4, 0.5) is 0 Å². The highest BCUT2D eigenvalue weighted by atomic mass is 16.6. The molecule has 3 heteroatoms. The molecule has 0 radical (unpaired) electrons. The summed E-state index contributed by atoms with van der Waals surface area (Å²) in [7, 11) is 1.51. The maximum absolute atomic E-state index is 9.18. The normalized spacial score (nSPS) is 11.5. The van der Waals surface area contributed by atoms with Crippen molar-refractivity contribution < 1.29 is 9.94 Å². The van der Waals surface area contributed by atoms with Crippen LogP contribution in [0.1, 0.15) is 18.1 Å². The first-order valence-corrected chi connectivity index (χ1v) is 4.03. The van der Waals surface area contributed by atoms with E-state index in [0.717, 1.165) is 16.8 Å². The zero-order chi connectivity index (χ0) is 9.84. The van der Waals surface area contributed by atoms with E-state index in [9.17, 15) is 5.11 Å². The topological polar surface area (TPSA) is 41.8 Å². The maximum atomic E-state index is 9.18. The Kier molecular flexibility index (Phi) is 2.90. The summed E-state index contributed by atoms with van der Waals surface area (Å²) in [6, 6.07) is 5.16. The highest BCUT2D eigenvalue weighted by Crippen LogP contribution is 2.16. The molecule has 0 fully saturated rings. The van der Waals surface area contributed by atoms with E-state index in [1.54, 1.807) is 12.1 Å². The SMILES string of the molecule is CO/N=C(/C)c1ccc(O)cc1C. The van der Waals surface area contributed by atoms with E-state index in [1.807, 2.05) is 19.9 Å². The fourth-order valence-electron chi connectivity index (χ4n) is 1.24. The van der Waals surface area contributed by atoms with Crippen molar-refractivity contribution in [2.75, 3.05) is 7.11 Å². The van der Waals surface area contributed by atoms with Crippen molar-refractivity contribution in [1.82, 2.24) is 0 Å². The van der Waals surface area contributed by atoms with Crippen molar-refractivity contribution in [2.24, 2.45) is 5.16 Å². The predicted octanol–water partition coefficient (Wildman–Crippen LogP) is 2.07. The Morgan fingerprint density at radius 1 is 1.46 bits per heavy atom. The van der Waals surface area contributed by atoms with Crippen molar-refractivity contribution in [3.8, 4) is 5.75 Å². The predicted molar refractivity (Wildman–Crippen MR) is 52.1 cm³/mol. The van der Waals surface area contributed by atoms with E-state index in [-0.39, 0.29) is 5.75 Å². The van der Waals surface area contributed by atoms with Gasteiger partial charge in [-0.1, -0.05) is 5.16 Å². The molecule has 3 nitrogen and oxygen atoms in total. The molecule has 70 valence electrons. The van der Waals surface area contributed by atoms with Crippen LogP contribution in [0, 0.1) is 6.92 Å². The molecule has 1 aromatic rings. The second-order valence-corrected chi connectivity index (χ2v) is 2.86. The molecule has 0 heterocycles. The van der Waals surface area contributed by atoms with E-state index in [4.69, 9.17) is 0 Å². The monoisotopic (exact) mass is 179 g/mol. The summed E-state index contributed by atoms with van der Waals surface area (Å²) in [5.41, 5.74) is 2.78. The van der Waals surface area contributed by atoms with Gasteiger partial charge >= 0.3 is 0 Å². The lowest BCUT2D eigenvalue weighted by Crippen LogP contribution is -1.98. The van der Waals surface area contributed by atoms with Crippen LogP contribution in [0.25, 0.3) is 0 Å². The molecule has 0 unspecified atom stereocenters. The minimum atomic E-state index is 0.270. The van der Waals surface area contributed by atoms with Crippen molar-refractivity contribution in [3.05, 3.63) is 29.3 Å². The first-order valence-electron chi connectivity index (χ1n) is 4.03. The second kappa shape index (κ2) is 3.94. The Labute approximate surface area is 77.6 Å². The molecular formula is C10H13NO2. The van der Waals surface area contributed by atoms with Gasteiger partial charge in [-0.15, -0.1) is 0 Å². The number of aryl methyl sites for hydroxylation is 1. The molecule has 0 spiro atoms. The summed E-state index contributed by atoms with van der Waals surface area (Å²) in [6.07, 6.45) is 0. The van der Waals surface area contributed by atoms with Gasteiger partial charge in [0.25, 0.3) is 0 Å². The molecule has 0 aliphatic rings. The summed E-state index contributed by atoms with van der Waals surface area (Å²) >= 11 is 0. The van der Waals surface area contributed by atoms with Gasteiger partial charge in [-0.25, -0.2) is 0 Å². The number of hydrogen-bond donors (Lipinski definition) is 1. The van der Waals surface area contributed by atoms with Crippen LogP contribution in [0.2, 0.25) is 0 Å². The maximum Gasteiger partial charge on any atom is 0.115 e. The van der Waals surface area contributed by atoms with E-state index in [1.165, 1.54) is 7.11 Å². The Hall–Kier alpha value is -1.51. The number of nitrogens with zero attached hydrogens (tertiary/aromatic N) is 1. The van der Waals surface area contributed by atoms with Crippen LogP contribution in [0.3, 0.4) is 0 Å². The van der Waals surface area contributed by atoms with Crippen LogP contribution in [0.15, 0.2) is 23.4 Å². The third kappa shape index (κ3) is 2.21. The van der Waals surface area contributed by atoms with Gasteiger partial charge in [0, 0.05) is 5.56 Å². The molecular weight excluding hydrogens is 166 g/mol. The molecule has 0 atom stereocenters. The fourth-order valence-corrected chi connectivity index (χ4v) is 1.24. The summed E-state index contributed by atoms with van der Waals surface area (Å²) in [5.74, 6) is 0.270. The number of hydrogen-bond acceptors (Lipinski definition) is 3. The molecule has 0 saturated heterocycles. The van der Waals surface area contributed by atoms with E-state index in [2.05, 4.69) is 9.99 Å². The minimum absolute atomic E-state index is 0.270. The number of benzene rings is 1. The summed E-state index contributed by atoms with van der Waals surface area (Å²) in [4.78, 5) is 4.67. The number of phenols is 1. The molecule has 1 rings (SSSR count). The average Bonchev–Trinajstić information content (AvgIpc) is 2.04. The largest absolute Gasteiger partial charge is 0.508 e. The molecule has 13 heavy (non-hydrogen) atoms. The van der Waals surface area contributed by atoms with Gasteiger partial charge in [-0.3, -0.25) is 0 Å². The first-order chi connectivity index (χ1) is 6.15. The highest BCUT2D eigenvalue weighted by Gasteiger charge is 2.02. The molecule has 0 amide bonds. The van der Waals surface area contributed by atoms with Crippen molar-refractivity contribution in [3.63, 3.8) is 0 Å². The van der Waals surface area contributed by atoms with E-state index in [0.29, 0.717) is 0 Å². The van der Waals surface area contributed by atoms with Crippen LogP contribution < -0.4 is 0 Å². The quantitative estimate of drug-likeness (QED) is 0.557. The highest BCUT2D eigenvalue weighted by molar-refractivity contribution is 5.99. The standard InChI is InChI=1S/C10H13NO2/c1-7-6-9(12)4-5-10(7)8(2)11-13-3/h4-6,12H,1-3H3/b11-8-. The minimum Gasteiger partial charge on any atom is -0.508 e. The summed E-state index contributed by atoms with van der Waals surface area (Å²) in [5, 5.41) is 13.0. The van der Waals surface area contributed by atoms with Gasteiger partial charge in [-0.2, -0.15) is 0 Å². The lowest BCUT2D eigenvalue weighted by Gasteiger charge is -2.04. The lowest BCUT2D eigenvalue weighted by molar-refractivity contribution is 0.213. The summed E-state index contributed by atoms with van der Waals surface area (Å²) in [6.45, 7) is 3.78. The smallest absolute Gasteiger partial charge is 0.115 e. The van der Waals surface area contributed by atoms with Gasteiger partial charge < -0.3 is 9.94 Å². The Morgan fingerprint density at radius 3 is 2.69 bits per heavy atom. The Bertz CT molecular complexity index is 332. The van der Waals surface area contributed by atoms with Gasteiger partial charge in [0.15, 0.2) is 0 Å². The van der Waals surface area contributed by atoms with E-state index >= 15 is 0 Å². The van der Waals surface area contributed by atoms with Crippen molar-refractivity contribution >= 4 is 5.71 Å². The van der Waals surface area contributed by atoms with E-state index < -0.39 is 0 Å². The molecule has 0 aliphatic heterocycles. The van der Waals surface area contributed by atoms with Crippen LogP contribution >= 0.6 is 0 Å². The van der Waals surface area contributed by atoms with Gasteiger partial charge in [0.2, 0.25) is 0 Å². The fraction of sp³-hybridized carbons (Fsp3) is 0.300. The zero-order valence-electron chi connectivity index (χ0n) is 8.03. The van der Waals surface area contributed by atoms with Gasteiger partial charge in [0.1, 0.15) is 12.9 Å². The Balaban J connectivity index is 3.09. The molecule has 0 aromatic heterocycles. The third-order valence-electron chi connectivity index (χ3n) is 1.83. The first kappa shape index (κ1) is 9.58. The number of oxime groups is 1. The number of phenolic OH excluding ortho intramolecular Hbond substituents is 1. The van der Waals surface area contributed by atoms with Crippen LogP contribution in [-0.4, -0.2) is 17.9 Å². The zero-order valence-corrected chi connectivity index (χ0v) is 8.03.